The lowest BCUT2D eigenvalue weighted by Gasteiger charge is -2.12. The molecule has 0 aliphatic rings. The number of amides is 2. The molecular formula is C13H20N2O3. The SMILES string of the molecule is CCOCc1cccc(NC(=O)NC(C)CO)c1. The zero-order chi connectivity index (χ0) is 13.4. The molecule has 0 bridgehead atoms. The first-order valence-corrected chi connectivity index (χ1v) is 6.00. The quantitative estimate of drug-likeness (QED) is 0.722. The van der Waals surface area contributed by atoms with Crippen molar-refractivity contribution >= 4 is 11.7 Å². The monoisotopic (exact) mass is 252 g/mol. The average molecular weight is 252 g/mol. The fourth-order valence-corrected chi connectivity index (χ4v) is 1.40. The van der Waals surface area contributed by atoms with Crippen LogP contribution in [-0.4, -0.2) is 30.4 Å². The van der Waals surface area contributed by atoms with Crippen molar-refractivity contribution in [3.8, 4) is 0 Å². The summed E-state index contributed by atoms with van der Waals surface area (Å²) in [5.74, 6) is 0. The molecule has 3 N–H and O–H groups in total. The van der Waals surface area contributed by atoms with Gasteiger partial charge in [0.15, 0.2) is 0 Å². The van der Waals surface area contributed by atoms with E-state index in [0.29, 0.717) is 18.9 Å². The molecule has 5 nitrogen and oxygen atoms in total. The van der Waals surface area contributed by atoms with E-state index in [-0.39, 0.29) is 18.7 Å². The summed E-state index contributed by atoms with van der Waals surface area (Å²) in [6, 6.07) is 6.87. The topological polar surface area (TPSA) is 70.6 Å². The van der Waals surface area contributed by atoms with E-state index in [0.717, 1.165) is 5.56 Å². The Balaban J connectivity index is 2.53. The fourth-order valence-electron chi connectivity index (χ4n) is 1.40. The van der Waals surface area contributed by atoms with Crippen LogP contribution < -0.4 is 10.6 Å². The van der Waals surface area contributed by atoms with Gasteiger partial charge in [-0.2, -0.15) is 0 Å². The van der Waals surface area contributed by atoms with Crippen LogP contribution in [-0.2, 0) is 11.3 Å². The van der Waals surface area contributed by atoms with E-state index in [2.05, 4.69) is 10.6 Å². The van der Waals surface area contributed by atoms with Crippen molar-refractivity contribution in [2.45, 2.75) is 26.5 Å². The van der Waals surface area contributed by atoms with Crippen LogP contribution in [0.5, 0.6) is 0 Å². The third-order valence-electron chi connectivity index (χ3n) is 2.31. The second kappa shape index (κ2) is 7.68. The summed E-state index contributed by atoms with van der Waals surface area (Å²) in [5, 5.41) is 14.1. The molecule has 0 aromatic heterocycles. The van der Waals surface area contributed by atoms with E-state index in [1.807, 2.05) is 25.1 Å². The van der Waals surface area contributed by atoms with Crippen molar-refractivity contribution in [3.63, 3.8) is 0 Å². The van der Waals surface area contributed by atoms with Crippen LogP contribution in [0.4, 0.5) is 10.5 Å². The van der Waals surface area contributed by atoms with E-state index < -0.39 is 0 Å². The zero-order valence-electron chi connectivity index (χ0n) is 10.8. The molecule has 0 saturated heterocycles. The third kappa shape index (κ3) is 5.16. The molecule has 5 heteroatoms. The molecule has 0 fully saturated rings. The maximum Gasteiger partial charge on any atom is 0.319 e. The Hall–Kier alpha value is -1.59. The number of hydrogen-bond donors (Lipinski definition) is 3. The average Bonchev–Trinajstić information content (AvgIpc) is 2.36. The second-order valence-electron chi connectivity index (χ2n) is 4.02. The van der Waals surface area contributed by atoms with E-state index in [4.69, 9.17) is 9.84 Å². The van der Waals surface area contributed by atoms with Crippen LogP contribution >= 0.6 is 0 Å². The number of hydrogen-bond acceptors (Lipinski definition) is 3. The maximum absolute atomic E-state index is 11.5. The van der Waals surface area contributed by atoms with Gasteiger partial charge in [0.2, 0.25) is 0 Å². The normalized spacial score (nSPS) is 11.9. The predicted molar refractivity (Wildman–Crippen MR) is 70.5 cm³/mol. The van der Waals surface area contributed by atoms with Crippen molar-refractivity contribution in [3.05, 3.63) is 29.8 Å². The molecular weight excluding hydrogens is 232 g/mol. The summed E-state index contributed by atoms with van der Waals surface area (Å²) in [7, 11) is 0. The van der Waals surface area contributed by atoms with Crippen LogP contribution in [0.3, 0.4) is 0 Å². The largest absolute Gasteiger partial charge is 0.394 e. The first-order valence-electron chi connectivity index (χ1n) is 6.00. The second-order valence-corrected chi connectivity index (χ2v) is 4.02. The summed E-state index contributed by atoms with van der Waals surface area (Å²) in [4.78, 5) is 11.5. The number of carbonyl (C=O) groups excluding carboxylic acids is 1. The molecule has 0 radical (unpaired) electrons. The van der Waals surface area contributed by atoms with Crippen LogP contribution in [0.15, 0.2) is 24.3 Å². The summed E-state index contributed by atoms with van der Waals surface area (Å²) < 4.78 is 5.30. The Kier molecular flexibility index (Phi) is 6.18. The first kappa shape index (κ1) is 14.5. The van der Waals surface area contributed by atoms with Gasteiger partial charge in [0.05, 0.1) is 19.3 Å². The van der Waals surface area contributed by atoms with E-state index in [9.17, 15) is 4.79 Å². The lowest BCUT2D eigenvalue weighted by Crippen LogP contribution is -2.38. The highest BCUT2D eigenvalue weighted by Gasteiger charge is 2.06. The lowest BCUT2D eigenvalue weighted by atomic mass is 10.2. The number of aliphatic hydroxyl groups is 1. The molecule has 0 spiro atoms. The van der Waals surface area contributed by atoms with Gasteiger partial charge in [0.1, 0.15) is 0 Å². The number of rotatable bonds is 6. The molecule has 1 atom stereocenters. The minimum atomic E-state index is -0.329. The number of carbonyl (C=O) groups is 1. The number of benzene rings is 1. The highest BCUT2D eigenvalue weighted by atomic mass is 16.5. The van der Waals surface area contributed by atoms with Crippen LogP contribution in [0.1, 0.15) is 19.4 Å². The minimum absolute atomic E-state index is 0.0855. The van der Waals surface area contributed by atoms with Gasteiger partial charge in [-0.15, -0.1) is 0 Å². The standard InChI is InChI=1S/C13H20N2O3/c1-3-18-9-11-5-4-6-12(7-11)15-13(17)14-10(2)8-16/h4-7,10,16H,3,8-9H2,1-2H3,(H2,14,15,17). The Morgan fingerprint density at radius 3 is 2.94 bits per heavy atom. The highest BCUT2D eigenvalue weighted by Crippen LogP contribution is 2.11. The van der Waals surface area contributed by atoms with E-state index >= 15 is 0 Å². The fraction of sp³-hybridized carbons (Fsp3) is 0.462. The third-order valence-corrected chi connectivity index (χ3v) is 2.31. The van der Waals surface area contributed by atoms with E-state index in [1.54, 1.807) is 13.0 Å². The van der Waals surface area contributed by atoms with E-state index in [1.165, 1.54) is 0 Å². The van der Waals surface area contributed by atoms with Crippen LogP contribution in [0.2, 0.25) is 0 Å². The summed E-state index contributed by atoms with van der Waals surface area (Å²) in [6.07, 6.45) is 0. The van der Waals surface area contributed by atoms with Gasteiger partial charge in [-0.25, -0.2) is 4.79 Å². The van der Waals surface area contributed by atoms with Crippen LogP contribution in [0, 0.1) is 0 Å². The number of ether oxygens (including phenoxy) is 1. The number of aliphatic hydroxyl groups excluding tert-OH is 1. The number of anilines is 1. The Morgan fingerprint density at radius 1 is 1.50 bits per heavy atom. The molecule has 1 aromatic carbocycles. The van der Waals surface area contributed by atoms with Crippen molar-refractivity contribution in [1.82, 2.24) is 5.32 Å². The van der Waals surface area contributed by atoms with Gasteiger partial charge in [0, 0.05) is 12.3 Å². The molecule has 1 aromatic rings. The molecule has 100 valence electrons. The molecule has 1 rings (SSSR count). The molecule has 0 saturated carbocycles. The van der Waals surface area contributed by atoms with Crippen molar-refractivity contribution < 1.29 is 14.6 Å². The molecule has 0 aliphatic heterocycles. The number of nitrogens with one attached hydrogen (secondary N) is 2. The zero-order valence-corrected chi connectivity index (χ0v) is 10.8. The van der Waals surface area contributed by atoms with Crippen molar-refractivity contribution in [2.75, 3.05) is 18.5 Å². The van der Waals surface area contributed by atoms with Gasteiger partial charge in [-0.05, 0) is 31.5 Å². The first-order chi connectivity index (χ1) is 8.65. The summed E-state index contributed by atoms with van der Waals surface area (Å²) in [5.41, 5.74) is 1.71. The van der Waals surface area contributed by atoms with Gasteiger partial charge in [-0.1, -0.05) is 12.1 Å². The Morgan fingerprint density at radius 2 is 2.28 bits per heavy atom. The lowest BCUT2D eigenvalue weighted by molar-refractivity contribution is 0.134. The summed E-state index contributed by atoms with van der Waals surface area (Å²) >= 11 is 0. The maximum atomic E-state index is 11.5. The molecule has 18 heavy (non-hydrogen) atoms. The van der Waals surface area contributed by atoms with Crippen molar-refractivity contribution in [1.29, 1.82) is 0 Å². The van der Waals surface area contributed by atoms with Gasteiger partial charge < -0.3 is 20.5 Å². The van der Waals surface area contributed by atoms with Gasteiger partial charge in [-0.3, -0.25) is 0 Å². The number of urea groups is 1. The van der Waals surface area contributed by atoms with Crippen LogP contribution in [0.25, 0.3) is 0 Å². The molecule has 1 unspecified atom stereocenters. The van der Waals surface area contributed by atoms with Crippen molar-refractivity contribution in [2.24, 2.45) is 0 Å². The Bertz CT molecular complexity index is 382. The highest BCUT2D eigenvalue weighted by molar-refractivity contribution is 5.89. The molecule has 2 amide bonds. The minimum Gasteiger partial charge on any atom is -0.394 e. The molecule has 0 heterocycles. The predicted octanol–water partition coefficient (Wildman–Crippen LogP) is 1.73. The van der Waals surface area contributed by atoms with Gasteiger partial charge >= 0.3 is 6.03 Å². The summed E-state index contributed by atoms with van der Waals surface area (Å²) in [6.45, 7) is 4.77. The van der Waals surface area contributed by atoms with Gasteiger partial charge in [0.25, 0.3) is 0 Å². The Labute approximate surface area is 107 Å². The smallest absolute Gasteiger partial charge is 0.319 e. The molecule has 0 aliphatic carbocycles.